The SMILES string of the molecule is N#Cc1ccc(-n2nc(-c3cn(Cc4ccccc4)c4ccccc34)cc2/N=C2/NC(=O)CS2)cc1. The molecule has 1 fully saturated rings. The minimum absolute atomic E-state index is 0.0626. The molecule has 174 valence electrons. The van der Waals surface area contributed by atoms with E-state index in [1.165, 1.54) is 17.3 Å². The summed E-state index contributed by atoms with van der Waals surface area (Å²) in [5.74, 6) is 0.885. The lowest BCUT2D eigenvalue weighted by Gasteiger charge is -2.05. The maximum atomic E-state index is 11.7. The van der Waals surface area contributed by atoms with Crippen LogP contribution in [0.15, 0.2) is 96.1 Å². The van der Waals surface area contributed by atoms with Gasteiger partial charge in [0.2, 0.25) is 5.91 Å². The van der Waals surface area contributed by atoms with Crippen molar-refractivity contribution in [3.05, 3.63) is 102 Å². The first-order chi connectivity index (χ1) is 17.7. The van der Waals surface area contributed by atoms with Gasteiger partial charge in [-0.05, 0) is 35.9 Å². The van der Waals surface area contributed by atoms with Crippen LogP contribution in [0.2, 0.25) is 0 Å². The lowest BCUT2D eigenvalue weighted by Crippen LogP contribution is -2.20. The Bertz CT molecular complexity index is 1660. The third-order valence-corrected chi connectivity index (χ3v) is 6.87. The van der Waals surface area contributed by atoms with E-state index in [0.29, 0.717) is 22.3 Å². The Morgan fingerprint density at radius 3 is 2.56 bits per heavy atom. The zero-order valence-electron chi connectivity index (χ0n) is 19.1. The number of carbonyl (C=O) groups excluding carboxylic acids is 1. The number of nitrogens with zero attached hydrogens (tertiary/aromatic N) is 5. The van der Waals surface area contributed by atoms with E-state index in [1.807, 2.05) is 48.5 Å². The number of benzene rings is 3. The van der Waals surface area contributed by atoms with Gasteiger partial charge in [0.15, 0.2) is 11.0 Å². The highest BCUT2D eigenvalue weighted by Crippen LogP contribution is 2.34. The van der Waals surface area contributed by atoms with E-state index in [1.54, 1.807) is 16.8 Å². The number of aromatic nitrogens is 3. The van der Waals surface area contributed by atoms with Crippen LogP contribution in [0.5, 0.6) is 0 Å². The van der Waals surface area contributed by atoms with Crippen LogP contribution in [0.4, 0.5) is 5.82 Å². The minimum atomic E-state index is -0.0626. The first-order valence-electron chi connectivity index (χ1n) is 11.4. The summed E-state index contributed by atoms with van der Waals surface area (Å²) in [6.45, 7) is 0.746. The summed E-state index contributed by atoms with van der Waals surface area (Å²) >= 11 is 1.37. The van der Waals surface area contributed by atoms with Crippen LogP contribution in [0.3, 0.4) is 0 Å². The number of para-hydroxylation sites is 1. The summed E-state index contributed by atoms with van der Waals surface area (Å²) < 4.78 is 3.98. The number of amides is 1. The monoisotopic (exact) mass is 488 g/mol. The number of hydrogen-bond donors (Lipinski definition) is 1. The molecule has 8 heteroatoms. The Labute approximate surface area is 211 Å². The van der Waals surface area contributed by atoms with Gasteiger partial charge in [-0.2, -0.15) is 10.4 Å². The number of amidine groups is 1. The van der Waals surface area contributed by atoms with Gasteiger partial charge >= 0.3 is 0 Å². The van der Waals surface area contributed by atoms with E-state index in [9.17, 15) is 10.1 Å². The van der Waals surface area contributed by atoms with E-state index in [4.69, 9.17) is 10.1 Å². The molecule has 2 aromatic heterocycles. The van der Waals surface area contributed by atoms with E-state index in [0.717, 1.165) is 34.4 Å². The third-order valence-electron chi connectivity index (χ3n) is 5.99. The van der Waals surface area contributed by atoms with Crippen molar-refractivity contribution in [3.8, 4) is 23.0 Å². The van der Waals surface area contributed by atoms with E-state index >= 15 is 0 Å². The molecule has 0 spiro atoms. The molecule has 0 unspecified atom stereocenters. The molecule has 3 aromatic carbocycles. The summed E-state index contributed by atoms with van der Waals surface area (Å²) in [5, 5.41) is 18.6. The van der Waals surface area contributed by atoms with Crippen LogP contribution >= 0.6 is 11.8 Å². The second-order valence-corrected chi connectivity index (χ2v) is 9.35. The standard InChI is InChI=1S/C28H20N6OS/c29-15-19-10-12-21(13-11-19)34-26(30-28-31-27(35)18-36-28)14-24(32-34)23-17-33(16-20-6-2-1-3-7-20)25-9-5-4-8-22(23)25/h1-14,17H,16,18H2,(H,30,31,35). The van der Waals surface area contributed by atoms with Crippen molar-refractivity contribution in [1.82, 2.24) is 19.7 Å². The fourth-order valence-corrected chi connectivity index (χ4v) is 4.99. The molecular formula is C28H20N6OS. The summed E-state index contributed by atoms with van der Waals surface area (Å²) in [4.78, 5) is 16.4. The molecule has 0 saturated carbocycles. The number of thioether (sulfide) groups is 1. The molecule has 6 rings (SSSR count). The molecule has 3 heterocycles. The summed E-state index contributed by atoms with van der Waals surface area (Å²) in [7, 11) is 0. The molecule has 1 saturated heterocycles. The maximum absolute atomic E-state index is 11.7. The second-order valence-electron chi connectivity index (χ2n) is 8.39. The van der Waals surface area contributed by atoms with E-state index in [2.05, 4.69) is 46.4 Å². The highest BCUT2D eigenvalue weighted by molar-refractivity contribution is 8.15. The molecule has 1 amide bonds. The van der Waals surface area contributed by atoms with Crippen LogP contribution in [-0.2, 0) is 11.3 Å². The van der Waals surface area contributed by atoms with Crippen LogP contribution in [0.1, 0.15) is 11.1 Å². The Hall–Kier alpha value is -4.61. The molecule has 1 aliphatic heterocycles. The van der Waals surface area contributed by atoms with Crippen molar-refractivity contribution in [2.75, 3.05) is 5.75 Å². The zero-order valence-corrected chi connectivity index (χ0v) is 19.9. The average Bonchev–Trinajstić information content (AvgIpc) is 3.62. The van der Waals surface area contributed by atoms with Crippen molar-refractivity contribution in [2.45, 2.75) is 6.54 Å². The van der Waals surface area contributed by atoms with Crippen LogP contribution in [0, 0.1) is 11.3 Å². The van der Waals surface area contributed by atoms with Gasteiger partial charge in [0.05, 0.1) is 28.8 Å². The van der Waals surface area contributed by atoms with Gasteiger partial charge in [-0.3, -0.25) is 4.79 Å². The van der Waals surface area contributed by atoms with Crippen molar-refractivity contribution in [1.29, 1.82) is 5.26 Å². The van der Waals surface area contributed by atoms with Crippen molar-refractivity contribution < 1.29 is 4.79 Å². The maximum Gasteiger partial charge on any atom is 0.236 e. The molecule has 1 N–H and O–H groups in total. The molecule has 0 aliphatic carbocycles. The molecule has 0 bridgehead atoms. The second kappa shape index (κ2) is 9.21. The number of fused-ring (bicyclic) bond motifs is 1. The fourth-order valence-electron chi connectivity index (χ4n) is 4.30. The number of aliphatic imine (C=N–C) groups is 1. The molecule has 0 radical (unpaired) electrons. The van der Waals surface area contributed by atoms with Crippen molar-refractivity contribution in [2.24, 2.45) is 4.99 Å². The third kappa shape index (κ3) is 4.17. The van der Waals surface area contributed by atoms with Gasteiger partial charge in [-0.1, -0.05) is 60.3 Å². The van der Waals surface area contributed by atoms with Gasteiger partial charge < -0.3 is 9.88 Å². The number of rotatable bonds is 5. The van der Waals surface area contributed by atoms with Gasteiger partial charge in [-0.15, -0.1) is 0 Å². The molecule has 1 aliphatic rings. The Kier molecular flexibility index (Phi) is 5.60. The zero-order chi connectivity index (χ0) is 24.5. The van der Waals surface area contributed by atoms with Crippen LogP contribution in [-0.4, -0.2) is 31.2 Å². The largest absolute Gasteiger partial charge is 0.342 e. The summed E-state index contributed by atoms with van der Waals surface area (Å²) in [5.41, 5.74) is 5.46. The van der Waals surface area contributed by atoms with Gasteiger partial charge in [0.1, 0.15) is 0 Å². The number of hydrogen-bond acceptors (Lipinski definition) is 5. The summed E-state index contributed by atoms with van der Waals surface area (Å²) in [6, 6.07) is 29.9. The quantitative estimate of drug-likeness (QED) is 0.365. The average molecular weight is 489 g/mol. The predicted molar refractivity (Wildman–Crippen MR) is 142 cm³/mol. The Morgan fingerprint density at radius 2 is 1.81 bits per heavy atom. The molecule has 5 aromatic rings. The van der Waals surface area contributed by atoms with Gasteiger partial charge in [0, 0.05) is 35.3 Å². The number of carbonyl (C=O) groups is 1. The van der Waals surface area contributed by atoms with Gasteiger partial charge in [-0.25, -0.2) is 9.67 Å². The van der Waals surface area contributed by atoms with Gasteiger partial charge in [0.25, 0.3) is 0 Å². The molecule has 0 atom stereocenters. The van der Waals surface area contributed by atoms with Crippen LogP contribution in [0.25, 0.3) is 27.8 Å². The molecular weight excluding hydrogens is 468 g/mol. The Morgan fingerprint density at radius 1 is 1.03 bits per heavy atom. The normalized spacial score (nSPS) is 14.3. The lowest BCUT2D eigenvalue weighted by molar-refractivity contribution is -0.116. The predicted octanol–water partition coefficient (Wildman–Crippen LogP) is 5.26. The minimum Gasteiger partial charge on any atom is -0.342 e. The summed E-state index contributed by atoms with van der Waals surface area (Å²) in [6.07, 6.45) is 2.13. The topological polar surface area (TPSA) is 88.0 Å². The first kappa shape index (κ1) is 21.9. The Balaban J connectivity index is 1.48. The fraction of sp³-hybridized carbons (Fsp3) is 0.0714. The molecule has 7 nitrogen and oxygen atoms in total. The highest BCUT2D eigenvalue weighted by atomic mass is 32.2. The van der Waals surface area contributed by atoms with E-state index in [-0.39, 0.29) is 5.91 Å². The lowest BCUT2D eigenvalue weighted by atomic mass is 10.1. The molecule has 36 heavy (non-hydrogen) atoms. The first-order valence-corrected chi connectivity index (χ1v) is 12.4. The highest BCUT2D eigenvalue weighted by Gasteiger charge is 2.20. The smallest absolute Gasteiger partial charge is 0.236 e. The van der Waals surface area contributed by atoms with Crippen molar-refractivity contribution >= 4 is 39.6 Å². The number of nitrogens with one attached hydrogen (secondary N) is 1. The number of nitriles is 1. The van der Waals surface area contributed by atoms with Crippen LogP contribution < -0.4 is 5.32 Å². The van der Waals surface area contributed by atoms with E-state index < -0.39 is 0 Å². The van der Waals surface area contributed by atoms with Crippen molar-refractivity contribution in [3.63, 3.8) is 0 Å².